The van der Waals surface area contributed by atoms with Crippen molar-refractivity contribution in [3.8, 4) is 11.5 Å². The minimum absolute atomic E-state index is 0.147. The van der Waals surface area contributed by atoms with E-state index in [1.807, 2.05) is 6.07 Å². The molecule has 0 aliphatic rings. The van der Waals surface area contributed by atoms with Gasteiger partial charge in [-0.15, -0.1) is 0 Å². The SMILES string of the molecule is COc1ccc(CCCC(F)(F)S(=O)c2ccccc2)cc1OC. The Bertz CT molecular complexity index is 690. The van der Waals surface area contributed by atoms with E-state index in [1.54, 1.807) is 30.3 Å². The van der Waals surface area contributed by atoms with Gasteiger partial charge in [0.2, 0.25) is 0 Å². The quantitative estimate of drug-likeness (QED) is 0.704. The molecule has 1 atom stereocenters. The first-order valence-electron chi connectivity index (χ1n) is 7.53. The van der Waals surface area contributed by atoms with Gasteiger partial charge in [0.1, 0.15) is 10.8 Å². The van der Waals surface area contributed by atoms with E-state index in [4.69, 9.17) is 9.47 Å². The number of aryl methyl sites for hydroxylation is 1. The van der Waals surface area contributed by atoms with Crippen LogP contribution < -0.4 is 9.47 Å². The number of alkyl halides is 2. The highest BCUT2D eigenvalue weighted by atomic mass is 32.2. The predicted molar refractivity (Wildman–Crippen MR) is 90.3 cm³/mol. The van der Waals surface area contributed by atoms with Crippen LogP contribution in [0.3, 0.4) is 0 Å². The molecule has 0 radical (unpaired) electrons. The summed E-state index contributed by atoms with van der Waals surface area (Å²) in [5.74, 6) is 1.16. The number of benzene rings is 2. The van der Waals surface area contributed by atoms with E-state index >= 15 is 0 Å². The number of hydrogen-bond donors (Lipinski definition) is 0. The van der Waals surface area contributed by atoms with E-state index in [2.05, 4.69) is 0 Å². The number of methoxy groups -OCH3 is 2. The van der Waals surface area contributed by atoms with Gasteiger partial charge >= 0.3 is 5.25 Å². The average molecular weight is 354 g/mol. The number of rotatable bonds is 8. The number of ether oxygens (including phenoxy) is 2. The topological polar surface area (TPSA) is 35.5 Å². The standard InChI is InChI=1S/C18H20F2O3S/c1-22-16-11-10-14(13-17(16)23-2)7-6-12-18(19,20)24(21)15-8-4-3-5-9-15/h3-5,8-11,13H,6-7,12H2,1-2H3. The van der Waals surface area contributed by atoms with E-state index < -0.39 is 22.5 Å². The van der Waals surface area contributed by atoms with Gasteiger partial charge in [0.25, 0.3) is 0 Å². The van der Waals surface area contributed by atoms with Gasteiger partial charge in [0.15, 0.2) is 11.5 Å². The Kier molecular flexibility index (Phi) is 6.31. The molecule has 2 aromatic carbocycles. The molecule has 0 aliphatic carbocycles. The smallest absolute Gasteiger partial charge is 0.325 e. The molecule has 0 heterocycles. The van der Waals surface area contributed by atoms with Gasteiger partial charge in [-0.3, -0.25) is 0 Å². The Hall–Kier alpha value is -1.95. The highest BCUT2D eigenvalue weighted by Crippen LogP contribution is 2.32. The third-order valence-corrected chi connectivity index (χ3v) is 5.06. The molecule has 0 N–H and O–H groups in total. The second kappa shape index (κ2) is 8.24. The molecule has 0 spiro atoms. The van der Waals surface area contributed by atoms with Crippen molar-refractivity contribution in [1.82, 2.24) is 0 Å². The molecule has 6 heteroatoms. The summed E-state index contributed by atoms with van der Waals surface area (Å²) in [7, 11) is 0.725. The molecule has 3 nitrogen and oxygen atoms in total. The molecular formula is C18H20F2O3S. The highest BCUT2D eigenvalue weighted by molar-refractivity contribution is 7.86. The Balaban J connectivity index is 1.96. The Labute approximate surface area is 143 Å². The van der Waals surface area contributed by atoms with Crippen molar-refractivity contribution >= 4 is 10.8 Å². The molecule has 1 unspecified atom stereocenters. The van der Waals surface area contributed by atoms with Gasteiger partial charge in [0, 0.05) is 11.3 Å². The van der Waals surface area contributed by atoms with Crippen LogP contribution in [0.15, 0.2) is 53.4 Å². The molecule has 0 aromatic heterocycles. The fraction of sp³-hybridized carbons (Fsp3) is 0.333. The monoisotopic (exact) mass is 354 g/mol. The molecule has 130 valence electrons. The van der Waals surface area contributed by atoms with Crippen LogP contribution in [-0.4, -0.2) is 23.7 Å². The summed E-state index contributed by atoms with van der Waals surface area (Å²) >= 11 is 0. The largest absolute Gasteiger partial charge is 0.493 e. The van der Waals surface area contributed by atoms with Crippen molar-refractivity contribution in [3.63, 3.8) is 0 Å². The van der Waals surface area contributed by atoms with Crippen molar-refractivity contribution in [2.75, 3.05) is 14.2 Å². The lowest BCUT2D eigenvalue weighted by Crippen LogP contribution is -2.23. The minimum atomic E-state index is -3.25. The van der Waals surface area contributed by atoms with E-state index in [-0.39, 0.29) is 11.3 Å². The average Bonchev–Trinajstić information content (AvgIpc) is 2.61. The summed E-state index contributed by atoms with van der Waals surface area (Å²) in [6.07, 6.45) is 0.228. The van der Waals surface area contributed by atoms with Crippen LogP contribution in [0.2, 0.25) is 0 Å². The number of halogens is 2. The second-order valence-electron chi connectivity index (χ2n) is 5.26. The van der Waals surface area contributed by atoms with Crippen molar-refractivity contribution < 1.29 is 22.5 Å². The third kappa shape index (κ3) is 4.54. The summed E-state index contributed by atoms with van der Waals surface area (Å²) < 4.78 is 50.6. The summed E-state index contributed by atoms with van der Waals surface area (Å²) in [6, 6.07) is 13.2. The van der Waals surface area contributed by atoms with Gasteiger partial charge in [-0.2, -0.15) is 8.78 Å². The summed E-state index contributed by atoms with van der Waals surface area (Å²) in [4.78, 5) is 0.147. The molecular weight excluding hydrogens is 334 g/mol. The van der Waals surface area contributed by atoms with Crippen molar-refractivity contribution in [1.29, 1.82) is 0 Å². The zero-order chi connectivity index (χ0) is 17.6. The van der Waals surface area contributed by atoms with Crippen LogP contribution in [0.1, 0.15) is 18.4 Å². The Morgan fingerprint density at radius 2 is 1.67 bits per heavy atom. The molecule has 0 amide bonds. The summed E-state index contributed by atoms with van der Waals surface area (Å²) in [6.45, 7) is 0. The van der Waals surface area contributed by atoms with Gasteiger partial charge < -0.3 is 9.47 Å². The second-order valence-corrected chi connectivity index (χ2v) is 6.87. The molecule has 2 rings (SSSR count). The maximum Gasteiger partial charge on any atom is 0.325 e. The van der Waals surface area contributed by atoms with E-state index in [0.717, 1.165) is 5.56 Å². The first-order valence-corrected chi connectivity index (χ1v) is 8.68. The van der Waals surface area contributed by atoms with Crippen molar-refractivity contribution in [2.45, 2.75) is 29.4 Å². The lowest BCUT2D eigenvalue weighted by molar-refractivity contribution is 0.0864. The maximum atomic E-state index is 14.1. The fourth-order valence-corrected chi connectivity index (χ4v) is 3.42. The van der Waals surface area contributed by atoms with Crippen molar-refractivity contribution in [2.24, 2.45) is 0 Å². The van der Waals surface area contributed by atoms with Gasteiger partial charge in [-0.05, 0) is 42.7 Å². The molecule has 0 saturated carbocycles. The minimum Gasteiger partial charge on any atom is -0.493 e. The first kappa shape index (κ1) is 18.4. The van der Waals surface area contributed by atoms with Crippen LogP contribution in [0.4, 0.5) is 8.78 Å². The first-order chi connectivity index (χ1) is 11.5. The normalized spacial score (nSPS) is 12.7. The van der Waals surface area contributed by atoms with E-state index in [0.29, 0.717) is 17.9 Å². The molecule has 2 aromatic rings. The van der Waals surface area contributed by atoms with Gasteiger partial charge in [-0.25, -0.2) is 4.21 Å². The fourth-order valence-electron chi connectivity index (χ4n) is 2.34. The number of hydrogen-bond acceptors (Lipinski definition) is 3. The van der Waals surface area contributed by atoms with Crippen LogP contribution in [0.25, 0.3) is 0 Å². The van der Waals surface area contributed by atoms with E-state index in [1.165, 1.54) is 26.4 Å². The third-order valence-electron chi connectivity index (χ3n) is 3.61. The lowest BCUT2D eigenvalue weighted by Gasteiger charge is -2.16. The Morgan fingerprint density at radius 3 is 2.29 bits per heavy atom. The molecule has 24 heavy (non-hydrogen) atoms. The van der Waals surface area contributed by atoms with Gasteiger partial charge in [-0.1, -0.05) is 24.3 Å². The maximum absolute atomic E-state index is 14.1. The lowest BCUT2D eigenvalue weighted by atomic mass is 10.1. The van der Waals surface area contributed by atoms with Crippen LogP contribution in [0.5, 0.6) is 11.5 Å². The highest BCUT2D eigenvalue weighted by Gasteiger charge is 2.37. The van der Waals surface area contributed by atoms with E-state index in [9.17, 15) is 13.0 Å². The zero-order valence-electron chi connectivity index (χ0n) is 13.6. The molecule has 0 bridgehead atoms. The molecule has 0 saturated heterocycles. The van der Waals surface area contributed by atoms with Crippen molar-refractivity contribution in [3.05, 3.63) is 54.1 Å². The predicted octanol–water partition coefficient (Wildman–Crippen LogP) is 4.43. The van der Waals surface area contributed by atoms with Gasteiger partial charge in [0.05, 0.1) is 14.2 Å². The van der Waals surface area contributed by atoms with Crippen LogP contribution in [-0.2, 0) is 17.2 Å². The molecule has 0 aliphatic heterocycles. The summed E-state index contributed by atoms with van der Waals surface area (Å²) in [5.41, 5.74) is 0.869. The van der Waals surface area contributed by atoms with Crippen LogP contribution in [0, 0.1) is 0 Å². The summed E-state index contributed by atoms with van der Waals surface area (Å²) in [5, 5.41) is -3.25. The van der Waals surface area contributed by atoms with Crippen LogP contribution >= 0.6 is 0 Å². The molecule has 0 fully saturated rings. The zero-order valence-corrected chi connectivity index (χ0v) is 14.4. The Morgan fingerprint density at radius 1 is 1.00 bits per heavy atom.